The van der Waals surface area contributed by atoms with Gasteiger partial charge in [-0.15, -0.1) is 0 Å². The second kappa shape index (κ2) is 6.27. The second-order valence-corrected chi connectivity index (χ2v) is 5.76. The molecule has 3 aliphatic heterocycles. The predicted molar refractivity (Wildman–Crippen MR) is 77.6 cm³/mol. The van der Waals surface area contributed by atoms with Gasteiger partial charge in [-0.2, -0.15) is 0 Å². The Bertz CT molecular complexity index is 441. The van der Waals surface area contributed by atoms with E-state index in [1.54, 1.807) is 0 Å². The highest BCUT2D eigenvalue weighted by Crippen LogP contribution is 2.27. The Morgan fingerprint density at radius 1 is 1.25 bits per heavy atom. The van der Waals surface area contributed by atoms with Gasteiger partial charge in [-0.05, 0) is 37.4 Å². The summed E-state index contributed by atoms with van der Waals surface area (Å²) in [7, 11) is 0. The van der Waals surface area contributed by atoms with Crippen molar-refractivity contribution in [2.45, 2.75) is 25.3 Å². The van der Waals surface area contributed by atoms with E-state index in [0.29, 0.717) is 12.5 Å². The largest absolute Gasteiger partial charge is 0.449 e. The number of fused-ring (bicyclic) bond motifs is 3. The van der Waals surface area contributed by atoms with E-state index in [2.05, 4.69) is 22.3 Å². The van der Waals surface area contributed by atoms with Gasteiger partial charge >= 0.3 is 6.09 Å². The monoisotopic (exact) mass is 274 g/mol. The third-order valence-electron chi connectivity index (χ3n) is 4.43. The van der Waals surface area contributed by atoms with Gasteiger partial charge in [0.1, 0.15) is 0 Å². The second-order valence-electron chi connectivity index (χ2n) is 5.76. The van der Waals surface area contributed by atoms with Crippen LogP contribution in [0.15, 0.2) is 30.3 Å². The van der Waals surface area contributed by atoms with Gasteiger partial charge in [-0.25, -0.2) is 4.79 Å². The molecular weight excluding hydrogens is 252 g/mol. The quantitative estimate of drug-likeness (QED) is 0.913. The summed E-state index contributed by atoms with van der Waals surface area (Å²) in [6.07, 6.45) is 2.91. The number of ether oxygens (including phenoxy) is 1. The fraction of sp³-hybridized carbons (Fsp3) is 0.562. The topological polar surface area (TPSA) is 41.6 Å². The highest BCUT2D eigenvalue weighted by atomic mass is 16.5. The van der Waals surface area contributed by atoms with Gasteiger partial charge in [0.05, 0.1) is 6.61 Å². The van der Waals surface area contributed by atoms with Crippen molar-refractivity contribution in [3.63, 3.8) is 0 Å². The van der Waals surface area contributed by atoms with Crippen molar-refractivity contribution in [1.29, 1.82) is 0 Å². The van der Waals surface area contributed by atoms with Gasteiger partial charge in [0.15, 0.2) is 0 Å². The molecule has 1 atom stereocenters. The molecule has 0 aliphatic carbocycles. The first-order valence-electron chi connectivity index (χ1n) is 7.51. The number of alkyl carbamates (subject to hydrolysis) is 1. The normalized spacial score (nSPS) is 28.1. The SMILES string of the molecule is O=C(N[C@@H]1CN2CCC1CC2)OCCc1ccccc1. The fourth-order valence-corrected chi connectivity index (χ4v) is 3.23. The van der Waals surface area contributed by atoms with E-state index < -0.39 is 0 Å². The van der Waals surface area contributed by atoms with E-state index >= 15 is 0 Å². The van der Waals surface area contributed by atoms with Crippen molar-refractivity contribution in [1.82, 2.24) is 10.2 Å². The number of amides is 1. The number of benzene rings is 1. The van der Waals surface area contributed by atoms with Crippen LogP contribution in [0, 0.1) is 5.92 Å². The maximum Gasteiger partial charge on any atom is 0.407 e. The molecule has 0 radical (unpaired) electrons. The Balaban J connectivity index is 1.39. The molecule has 0 saturated carbocycles. The number of carbonyl (C=O) groups excluding carboxylic acids is 1. The molecule has 1 aromatic rings. The van der Waals surface area contributed by atoms with Crippen LogP contribution in [0.5, 0.6) is 0 Å². The molecule has 108 valence electrons. The molecule has 3 aliphatic rings. The Labute approximate surface area is 120 Å². The molecular formula is C16H22N2O2. The van der Waals surface area contributed by atoms with Crippen molar-refractivity contribution < 1.29 is 9.53 Å². The van der Waals surface area contributed by atoms with Crippen molar-refractivity contribution in [2.75, 3.05) is 26.2 Å². The Hall–Kier alpha value is -1.55. The molecule has 3 fully saturated rings. The zero-order chi connectivity index (χ0) is 13.8. The molecule has 20 heavy (non-hydrogen) atoms. The first kappa shape index (κ1) is 13.4. The molecule has 2 bridgehead atoms. The lowest BCUT2D eigenvalue weighted by molar-refractivity contribution is 0.0657. The first-order chi connectivity index (χ1) is 9.81. The Morgan fingerprint density at radius 2 is 2.00 bits per heavy atom. The maximum atomic E-state index is 11.8. The van der Waals surface area contributed by atoms with E-state index in [1.165, 1.54) is 31.5 Å². The maximum absolute atomic E-state index is 11.8. The Kier molecular flexibility index (Phi) is 4.21. The van der Waals surface area contributed by atoms with Crippen LogP contribution >= 0.6 is 0 Å². The van der Waals surface area contributed by atoms with Crippen molar-refractivity contribution in [3.8, 4) is 0 Å². The van der Waals surface area contributed by atoms with Crippen molar-refractivity contribution >= 4 is 6.09 Å². The summed E-state index contributed by atoms with van der Waals surface area (Å²) in [6.45, 7) is 3.80. The average molecular weight is 274 g/mol. The third kappa shape index (κ3) is 3.31. The van der Waals surface area contributed by atoms with Crippen LogP contribution in [-0.4, -0.2) is 43.3 Å². The van der Waals surface area contributed by atoms with E-state index in [0.717, 1.165) is 13.0 Å². The highest BCUT2D eigenvalue weighted by molar-refractivity contribution is 5.67. The van der Waals surface area contributed by atoms with Crippen LogP contribution in [-0.2, 0) is 11.2 Å². The predicted octanol–water partition coefficient (Wildman–Crippen LogP) is 2.05. The molecule has 1 amide bonds. The molecule has 3 heterocycles. The molecule has 0 unspecified atom stereocenters. The smallest absolute Gasteiger partial charge is 0.407 e. The summed E-state index contributed by atoms with van der Waals surface area (Å²) in [4.78, 5) is 14.3. The van der Waals surface area contributed by atoms with Gasteiger partial charge in [0.25, 0.3) is 0 Å². The third-order valence-corrected chi connectivity index (χ3v) is 4.43. The minimum absolute atomic E-state index is 0.264. The Morgan fingerprint density at radius 3 is 2.65 bits per heavy atom. The number of hydrogen-bond acceptors (Lipinski definition) is 3. The minimum Gasteiger partial charge on any atom is -0.449 e. The molecule has 4 nitrogen and oxygen atoms in total. The average Bonchev–Trinajstić information content (AvgIpc) is 2.49. The molecule has 0 aromatic heterocycles. The van der Waals surface area contributed by atoms with Crippen LogP contribution in [0.2, 0.25) is 0 Å². The molecule has 4 heteroatoms. The zero-order valence-corrected chi connectivity index (χ0v) is 11.8. The van der Waals surface area contributed by atoms with Gasteiger partial charge < -0.3 is 15.0 Å². The van der Waals surface area contributed by atoms with Crippen molar-refractivity contribution in [2.24, 2.45) is 5.92 Å². The number of carbonyl (C=O) groups is 1. The summed E-state index contributed by atoms with van der Waals surface area (Å²) < 4.78 is 5.29. The van der Waals surface area contributed by atoms with E-state index in [4.69, 9.17) is 4.74 Å². The first-order valence-corrected chi connectivity index (χ1v) is 7.51. The lowest BCUT2D eigenvalue weighted by Crippen LogP contribution is -2.57. The number of nitrogens with one attached hydrogen (secondary N) is 1. The van der Waals surface area contributed by atoms with Crippen molar-refractivity contribution in [3.05, 3.63) is 35.9 Å². The van der Waals surface area contributed by atoms with E-state index in [9.17, 15) is 4.79 Å². The number of hydrogen-bond donors (Lipinski definition) is 1. The van der Waals surface area contributed by atoms with Crippen LogP contribution in [0.25, 0.3) is 0 Å². The lowest BCUT2D eigenvalue weighted by Gasteiger charge is -2.44. The van der Waals surface area contributed by atoms with Gasteiger partial charge in [-0.1, -0.05) is 30.3 Å². The zero-order valence-electron chi connectivity index (χ0n) is 11.8. The summed E-state index contributed by atoms with van der Waals surface area (Å²) in [6, 6.07) is 10.4. The molecule has 1 aromatic carbocycles. The van der Waals surface area contributed by atoms with E-state index in [1.807, 2.05) is 18.2 Å². The standard InChI is InChI=1S/C16H22N2O2/c19-16(20-11-8-13-4-2-1-3-5-13)17-15-12-18-9-6-14(15)7-10-18/h1-5,14-15H,6-12H2,(H,17,19)/t15-/m1/s1. The van der Waals surface area contributed by atoms with Crippen LogP contribution in [0.4, 0.5) is 4.79 Å². The summed E-state index contributed by atoms with van der Waals surface area (Å²) in [5.41, 5.74) is 1.20. The molecule has 4 rings (SSSR count). The lowest BCUT2D eigenvalue weighted by atomic mass is 9.84. The van der Waals surface area contributed by atoms with E-state index in [-0.39, 0.29) is 12.1 Å². The molecule has 0 spiro atoms. The summed E-state index contributed by atoms with van der Waals surface area (Å²) in [5, 5.41) is 3.03. The summed E-state index contributed by atoms with van der Waals surface area (Å²) in [5.74, 6) is 0.640. The summed E-state index contributed by atoms with van der Waals surface area (Å²) >= 11 is 0. The number of piperidine rings is 3. The van der Waals surface area contributed by atoms with Crippen LogP contribution in [0.3, 0.4) is 0 Å². The van der Waals surface area contributed by atoms with Gasteiger partial charge in [0.2, 0.25) is 0 Å². The minimum atomic E-state index is -0.264. The highest BCUT2D eigenvalue weighted by Gasteiger charge is 2.35. The van der Waals surface area contributed by atoms with Gasteiger partial charge in [0, 0.05) is 19.0 Å². The molecule has 3 saturated heterocycles. The number of nitrogens with zero attached hydrogens (tertiary/aromatic N) is 1. The number of rotatable bonds is 4. The molecule has 1 N–H and O–H groups in total. The van der Waals surface area contributed by atoms with Crippen LogP contribution < -0.4 is 5.32 Å². The van der Waals surface area contributed by atoms with Gasteiger partial charge in [-0.3, -0.25) is 0 Å². The van der Waals surface area contributed by atoms with Crippen LogP contribution in [0.1, 0.15) is 18.4 Å². The fourth-order valence-electron chi connectivity index (χ4n) is 3.23.